The monoisotopic (exact) mass is 578 g/mol. The number of sulfone groups is 1. The minimum atomic E-state index is -4.07. The van der Waals surface area contributed by atoms with E-state index < -0.39 is 43.3 Å². The summed E-state index contributed by atoms with van der Waals surface area (Å²) in [6.07, 6.45) is 0.727. The van der Waals surface area contributed by atoms with Crippen LogP contribution in [-0.2, 0) is 31.1 Å². The molecule has 0 radical (unpaired) electrons. The van der Waals surface area contributed by atoms with Crippen LogP contribution in [0.2, 0.25) is 0 Å². The number of carbonyl (C=O) groups excluding carboxylic acids is 1. The number of amides is 1. The molecule has 2 aromatic carbocycles. The molecule has 14 heteroatoms. The van der Waals surface area contributed by atoms with E-state index >= 15 is 0 Å². The van der Waals surface area contributed by atoms with Crippen LogP contribution in [0.5, 0.6) is 0 Å². The highest BCUT2D eigenvalue weighted by molar-refractivity contribution is 7.91. The van der Waals surface area contributed by atoms with Gasteiger partial charge in [0.15, 0.2) is 15.1 Å². The van der Waals surface area contributed by atoms with E-state index in [2.05, 4.69) is 15.2 Å². The van der Waals surface area contributed by atoms with Crippen molar-refractivity contribution in [1.29, 1.82) is 0 Å². The van der Waals surface area contributed by atoms with Gasteiger partial charge in [0.1, 0.15) is 17.2 Å². The maximum Gasteiger partial charge on any atom is 0.424 e. The third kappa shape index (κ3) is 6.37. The molecule has 1 unspecified atom stereocenters. The van der Waals surface area contributed by atoms with Gasteiger partial charge in [-0.1, -0.05) is 36.4 Å². The van der Waals surface area contributed by atoms with Crippen LogP contribution >= 0.6 is 11.3 Å². The Bertz CT molecular complexity index is 1690. The number of hydrogen-bond acceptors (Lipinski definition) is 11. The highest BCUT2D eigenvalue weighted by Gasteiger charge is 2.35. The Morgan fingerprint density at radius 2 is 1.71 bits per heavy atom. The molecule has 11 nitrogen and oxygen atoms in total. The van der Waals surface area contributed by atoms with Crippen LogP contribution in [0.15, 0.2) is 52.9 Å². The number of carbonyl (C=O) groups is 1. The van der Waals surface area contributed by atoms with Gasteiger partial charge in [-0.2, -0.15) is 4.31 Å². The lowest BCUT2D eigenvalue weighted by molar-refractivity contribution is 0.0372. The van der Waals surface area contributed by atoms with E-state index in [1.54, 1.807) is 26.8 Å². The fourth-order valence-corrected chi connectivity index (χ4v) is 6.71. The molecule has 1 amide bonds. The van der Waals surface area contributed by atoms with Crippen molar-refractivity contribution >= 4 is 47.5 Å². The molecule has 1 atom stereocenters. The zero-order chi connectivity index (χ0) is 27.9. The molecule has 0 spiro atoms. The van der Waals surface area contributed by atoms with E-state index in [9.17, 15) is 21.6 Å². The number of rotatable bonds is 7. The van der Waals surface area contributed by atoms with E-state index in [4.69, 9.17) is 9.15 Å². The molecule has 4 rings (SSSR count). The number of hydrogen-bond donors (Lipinski definition) is 0. The number of thiazole rings is 1. The summed E-state index contributed by atoms with van der Waals surface area (Å²) in [4.78, 5) is 17.0. The minimum Gasteiger partial charge on any atom is -0.443 e. The molecule has 0 N–H and O–H groups in total. The van der Waals surface area contributed by atoms with Crippen LogP contribution in [0.1, 0.15) is 42.8 Å². The molecule has 2 aromatic heterocycles. The van der Waals surface area contributed by atoms with Crippen LogP contribution in [0.25, 0.3) is 21.3 Å². The molecular weight excluding hydrogens is 552 g/mol. The van der Waals surface area contributed by atoms with Gasteiger partial charge < -0.3 is 9.15 Å². The number of sulfonamides is 1. The van der Waals surface area contributed by atoms with Crippen molar-refractivity contribution < 1.29 is 30.8 Å². The first-order chi connectivity index (χ1) is 17.6. The molecule has 0 aliphatic heterocycles. The average Bonchev–Trinajstić information content (AvgIpc) is 3.41. The maximum atomic E-state index is 12.8. The number of fused-ring (bicyclic) bond motifs is 1. The standard InChI is InChI=1S/C24H26N4O7S3/c1-24(2,3)35-23(29)28(38(5,32)33)14-19-26-27-21(34-19)20(37(4,30)31)22-25-17-12-11-16(13-18(17)36-22)15-9-7-6-8-10-15/h6-13,20H,14H2,1-5H3. The van der Waals surface area contributed by atoms with Gasteiger partial charge >= 0.3 is 6.09 Å². The summed E-state index contributed by atoms with van der Waals surface area (Å²) in [6, 6.07) is 15.4. The molecule has 202 valence electrons. The number of ether oxygens (including phenoxy) is 1. The van der Waals surface area contributed by atoms with Gasteiger partial charge in [-0.25, -0.2) is 26.6 Å². The van der Waals surface area contributed by atoms with E-state index in [-0.39, 0.29) is 16.8 Å². The highest BCUT2D eigenvalue weighted by Crippen LogP contribution is 2.36. The Kier molecular flexibility index (Phi) is 7.34. The van der Waals surface area contributed by atoms with Gasteiger partial charge in [0.25, 0.3) is 0 Å². The summed E-state index contributed by atoms with van der Waals surface area (Å²) >= 11 is 1.18. The fraction of sp³-hybridized carbons (Fsp3) is 0.333. The average molecular weight is 579 g/mol. The molecular formula is C24H26N4O7S3. The second-order valence-corrected chi connectivity index (χ2v) is 14.7. The summed E-state index contributed by atoms with van der Waals surface area (Å²) in [5, 5.41) is 6.50. The molecule has 0 bridgehead atoms. The normalized spacial score (nSPS) is 13.4. The Labute approximate surface area is 224 Å². The van der Waals surface area contributed by atoms with Crippen LogP contribution in [0.4, 0.5) is 4.79 Å². The predicted molar refractivity (Wildman–Crippen MR) is 143 cm³/mol. The van der Waals surface area contributed by atoms with Crippen molar-refractivity contribution in [3.63, 3.8) is 0 Å². The van der Waals surface area contributed by atoms with Crippen molar-refractivity contribution in [3.8, 4) is 11.1 Å². The Morgan fingerprint density at radius 1 is 1.03 bits per heavy atom. The molecule has 0 fully saturated rings. The molecule has 0 aliphatic rings. The molecule has 4 aromatic rings. The highest BCUT2D eigenvalue weighted by atomic mass is 32.2. The molecule has 0 aliphatic carbocycles. The van der Waals surface area contributed by atoms with Gasteiger partial charge in [0.05, 0.1) is 16.5 Å². The van der Waals surface area contributed by atoms with E-state index in [0.29, 0.717) is 9.82 Å². The minimum absolute atomic E-state index is 0.218. The van der Waals surface area contributed by atoms with Crippen LogP contribution < -0.4 is 0 Å². The van der Waals surface area contributed by atoms with Crippen molar-refractivity contribution in [2.75, 3.05) is 12.5 Å². The van der Waals surface area contributed by atoms with Gasteiger partial charge in [-0.05, 0) is 44.0 Å². The summed E-state index contributed by atoms with van der Waals surface area (Å²) in [6.45, 7) is 4.15. The first-order valence-corrected chi connectivity index (χ1v) is 15.9. The third-order valence-electron chi connectivity index (χ3n) is 5.15. The second kappa shape index (κ2) is 10.1. The van der Waals surface area contributed by atoms with E-state index in [1.807, 2.05) is 42.5 Å². The maximum absolute atomic E-state index is 12.8. The number of nitrogens with zero attached hydrogens (tertiary/aromatic N) is 4. The van der Waals surface area contributed by atoms with Gasteiger partial charge in [-0.15, -0.1) is 21.5 Å². The molecule has 2 heterocycles. The molecule has 38 heavy (non-hydrogen) atoms. The lowest BCUT2D eigenvalue weighted by atomic mass is 10.1. The van der Waals surface area contributed by atoms with Crippen molar-refractivity contribution in [3.05, 3.63) is 65.3 Å². The number of aromatic nitrogens is 3. The summed E-state index contributed by atoms with van der Waals surface area (Å²) < 4.78 is 62.1. The van der Waals surface area contributed by atoms with Gasteiger partial charge in [-0.3, -0.25) is 0 Å². The lowest BCUT2D eigenvalue weighted by Gasteiger charge is -2.24. The summed E-state index contributed by atoms with van der Waals surface area (Å²) in [5.41, 5.74) is 1.61. The lowest BCUT2D eigenvalue weighted by Crippen LogP contribution is -2.39. The molecule has 0 saturated carbocycles. The van der Waals surface area contributed by atoms with E-state index in [0.717, 1.165) is 28.3 Å². The largest absolute Gasteiger partial charge is 0.443 e. The Hall–Kier alpha value is -3.36. The van der Waals surface area contributed by atoms with Crippen LogP contribution in [-0.4, -0.2) is 60.5 Å². The number of benzene rings is 2. The summed E-state index contributed by atoms with van der Waals surface area (Å²) in [7, 11) is -7.90. The van der Waals surface area contributed by atoms with Crippen LogP contribution in [0, 0.1) is 0 Å². The van der Waals surface area contributed by atoms with Crippen molar-refractivity contribution in [2.45, 2.75) is 38.2 Å². The van der Waals surface area contributed by atoms with Crippen LogP contribution in [0.3, 0.4) is 0 Å². The second-order valence-electron chi connectivity index (χ2n) is 9.59. The SMILES string of the molecule is CC(C)(C)OC(=O)N(Cc1nnc(C(c2nc3ccc(-c4ccccc4)cc3s2)S(C)(=O)=O)o1)S(C)(=O)=O. The van der Waals surface area contributed by atoms with Crippen molar-refractivity contribution in [2.24, 2.45) is 0 Å². The predicted octanol–water partition coefficient (Wildman–Crippen LogP) is 4.18. The Morgan fingerprint density at radius 3 is 2.32 bits per heavy atom. The first-order valence-electron chi connectivity index (χ1n) is 11.3. The zero-order valence-corrected chi connectivity index (χ0v) is 23.7. The summed E-state index contributed by atoms with van der Waals surface area (Å²) in [5.74, 6) is -0.570. The smallest absolute Gasteiger partial charge is 0.424 e. The van der Waals surface area contributed by atoms with Crippen molar-refractivity contribution in [1.82, 2.24) is 19.5 Å². The third-order valence-corrected chi connectivity index (χ3v) is 8.74. The molecule has 0 saturated heterocycles. The Balaban J connectivity index is 1.68. The van der Waals surface area contributed by atoms with E-state index in [1.165, 1.54) is 11.3 Å². The van der Waals surface area contributed by atoms with Gasteiger partial charge in [0.2, 0.25) is 21.8 Å². The topological polar surface area (TPSA) is 150 Å². The fourth-order valence-electron chi connectivity index (χ4n) is 3.53. The van der Waals surface area contributed by atoms with Gasteiger partial charge in [0, 0.05) is 6.26 Å². The first kappa shape index (κ1) is 27.7. The quantitative estimate of drug-likeness (QED) is 0.312. The zero-order valence-electron chi connectivity index (χ0n) is 21.3.